The van der Waals surface area contributed by atoms with Crippen LogP contribution in [0, 0.1) is 11.7 Å². The van der Waals surface area contributed by atoms with E-state index in [1.165, 1.54) is 18.2 Å². The molecule has 1 unspecified atom stereocenters. The van der Waals surface area contributed by atoms with Crippen molar-refractivity contribution in [3.63, 3.8) is 0 Å². The minimum Gasteiger partial charge on any atom is -0.481 e. The third kappa shape index (κ3) is 6.88. The van der Waals surface area contributed by atoms with Crippen LogP contribution in [0.5, 0.6) is 0 Å². The van der Waals surface area contributed by atoms with E-state index in [1.54, 1.807) is 6.07 Å². The molecule has 1 aromatic carbocycles. The summed E-state index contributed by atoms with van der Waals surface area (Å²) in [6, 6.07) is 5.55. The average molecular weight is 295 g/mol. The van der Waals surface area contributed by atoms with Crippen molar-refractivity contribution in [2.24, 2.45) is 5.92 Å². The van der Waals surface area contributed by atoms with Crippen molar-refractivity contribution < 1.29 is 19.1 Å². The van der Waals surface area contributed by atoms with Crippen LogP contribution in [-0.4, -0.2) is 23.5 Å². The molecule has 0 aliphatic rings. The van der Waals surface area contributed by atoms with Gasteiger partial charge in [0.05, 0.1) is 0 Å². The molecule has 21 heavy (non-hydrogen) atoms. The number of halogens is 1. The average Bonchev–Trinajstić information content (AvgIpc) is 2.44. The van der Waals surface area contributed by atoms with Crippen molar-refractivity contribution in [2.45, 2.75) is 39.0 Å². The topological polar surface area (TPSA) is 66.4 Å². The molecule has 4 nitrogen and oxygen atoms in total. The van der Waals surface area contributed by atoms with Gasteiger partial charge in [0.25, 0.3) is 5.91 Å². The monoisotopic (exact) mass is 295 g/mol. The second-order valence-corrected chi connectivity index (χ2v) is 5.14. The van der Waals surface area contributed by atoms with E-state index in [0.29, 0.717) is 24.4 Å². The first-order valence-corrected chi connectivity index (χ1v) is 7.28. The van der Waals surface area contributed by atoms with Gasteiger partial charge in [0.2, 0.25) is 0 Å². The Morgan fingerprint density at radius 1 is 1.29 bits per heavy atom. The summed E-state index contributed by atoms with van der Waals surface area (Å²) in [5, 5.41) is 11.5. The van der Waals surface area contributed by atoms with Gasteiger partial charge in [0.15, 0.2) is 0 Å². The molecule has 0 bridgehead atoms. The van der Waals surface area contributed by atoms with Crippen LogP contribution >= 0.6 is 0 Å². The van der Waals surface area contributed by atoms with E-state index in [9.17, 15) is 14.0 Å². The number of hydrogen-bond donors (Lipinski definition) is 2. The molecule has 5 heteroatoms. The molecule has 1 amide bonds. The van der Waals surface area contributed by atoms with Crippen LogP contribution in [0.2, 0.25) is 0 Å². The Labute approximate surface area is 124 Å². The summed E-state index contributed by atoms with van der Waals surface area (Å²) in [5.74, 6) is -1.24. The molecule has 0 radical (unpaired) electrons. The molecule has 0 aromatic heterocycles. The van der Waals surface area contributed by atoms with Gasteiger partial charge in [-0.25, -0.2) is 4.39 Å². The fourth-order valence-corrected chi connectivity index (χ4v) is 2.29. The predicted octanol–water partition coefficient (Wildman–Crippen LogP) is 3.23. The van der Waals surface area contributed by atoms with Gasteiger partial charge in [-0.2, -0.15) is 0 Å². The molecule has 116 valence electrons. The Kier molecular flexibility index (Phi) is 7.43. The molecular weight excluding hydrogens is 273 g/mol. The van der Waals surface area contributed by atoms with Crippen LogP contribution in [0.4, 0.5) is 4.39 Å². The lowest BCUT2D eigenvalue weighted by Crippen LogP contribution is -2.26. The van der Waals surface area contributed by atoms with Crippen molar-refractivity contribution in [3.8, 4) is 0 Å². The van der Waals surface area contributed by atoms with Gasteiger partial charge in [-0.15, -0.1) is 0 Å². The molecule has 0 aliphatic heterocycles. The van der Waals surface area contributed by atoms with Crippen LogP contribution in [-0.2, 0) is 4.79 Å². The normalized spacial score (nSPS) is 11.9. The molecule has 0 fully saturated rings. The highest BCUT2D eigenvalue weighted by atomic mass is 19.1. The maximum absolute atomic E-state index is 13.0. The van der Waals surface area contributed by atoms with Gasteiger partial charge in [-0.05, 0) is 37.0 Å². The SMILES string of the molecule is CCCC(CCNC(=O)c1cccc(F)c1)CCC(=O)O. The van der Waals surface area contributed by atoms with Gasteiger partial charge in [-0.1, -0.05) is 25.8 Å². The molecular formula is C16H22FNO3. The van der Waals surface area contributed by atoms with Gasteiger partial charge in [0, 0.05) is 18.5 Å². The first-order valence-electron chi connectivity index (χ1n) is 7.28. The van der Waals surface area contributed by atoms with E-state index in [1.807, 2.05) is 0 Å². The third-order valence-corrected chi connectivity index (χ3v) is 3.39. The lowest BCUT2D eigenvalue weighted by molar-refractivity contribution is -0.137. The maximum atomic E-state index is 13.0. The zero-order valence-electron chi connectivity index (χ0n) is 12.3. The van der Waals surface area contributed by atoms with Crippen molar-refractivity contribution >= 4 is 11.9 Å². The van der Waals surface area contributed by atoms with E-state index in [4.69, 9.17) is 5.11 Å². The second kappa shape index (κ2) is 9.10. The molecule has 2 N–H and O–H groups in total. The van der Waals surface area contributed by atoms with Gasteiger partial charge in [-0.3, -0.25) is 9.59 Å². The molecule has 1 rings (SSSR count). The van der Waals surface area contributed by atoms with E-state index in [2.05, 4.69) is 12.2 Å². The molecule has 0 aliphatic carbocycles. The molecule has 0 saturated carbocycles. The minimum atomic E-state index is -0.792. The summed E-state index contributed by atoms with van der Waals surface area (Å²) in [6.45, 7) is 2.53. The lowest BCUT2D eigenvalue weighted by atomic mass is 9.94. The van der Waals surface area contributed by atoms with E-state index >= 15 is 0 Å². The summed E-state index contributed by atoms with van der Waals surface area (Å²) in [6.07, 6.45) is 3.45. The summed E-state index contributed by atoms with van der Waals surface area (Å²) in [7, 11) is 0. The number of carbonyl (C=O) groups is 2. The first kappa shape index (κ1) is 17.1. The molecule has 1 aromatic rings. The number of hydrogen-bond acceptors (Lipinski definition) is 2. The Bertz CT molecular complexity index is 476. The molecule has 0 saturated heterocycles. The van der Waals surface area contributed by atoms with Crippen molar-refractivity contribution in [1.29, 1.82) is 0 Å². The van der Waals surface area contributed by atoms with Crippen LogP contribution in [0.25, 0.3) is 0 Å². The minimum absolute atomic E-state index is 0.155. The number of aliphatic carboxylic acids is 1. The fraction of sp³-hybridized carbons (Fsp3) is 0.500. The lowest BCUT2D eigenvalue weighted by Gasteiger charge is -2.15. The molecule has 0 spiro atoms. The largest absolute Gasteiger partial charge is 0.481 e. The Morgan fingerprint density at radius 3 is 2.67 bits per heavy atom. The number of carbonyl (C=O) groups excluding carboxylic acids is 1. The third-order valence-electron chi connectivity index (χ3n) is 3.39. The summed E-state index contributed by atoms with van der Waals surface area (Å²) in [5.41, 5.74) is 0.299. The fourth-order valence-electron chi connectivity index (χ4n) is 2.29. The highest BCUT2D eigenvalue weighted by molar-refractivity contribution is 5.94. The summed E-state index contributed by atoms with van der Waals surface area (Å²) >= 11 is 0. The highest BCUT2D eigenvalue weighted by Gasteiger charge is 2.11. The number of nitrogens with one attached hydrogen (secondary N) is 1. The van der Waals surface area contributed by atoms with E-state index in [-0.39, 0.29) is 12.3 Å². The number of benzene rings is 1. The van der Waals surface area contributed by atoms with Crippen LogP contribution in [0.3, 0.4) is 0 Å². The number of carboxylic acids is 1. The number of carboxylic acid groups (broad SMARTS) is 1. The number of amides is 1. The Balaban J connectivity index is 2.38. The maximum Gasteiger partial charge on any atom is 0.303 e. The van der Waals surface area contributed by atoms with Gasteiger partial charge in [0.1, 0.15) is 5.82 Å². The summed E-state index contributed by atoms with van der Waals surface area (Å²) in [4.78, 5) is 22.4. The Morgan fingerprint density at radius 2 is 2.05 bits per heavy atom. The molecule has 1 atom stereocenters. The number of rotatable bonds is 9. The zero-order chi connectivity index (χ0) is 15.7. The quantitative estimate of drug-likeness (QED) is 0.735. The van der Waals surface area contributed by atoms with Crippen LogP contribution in [0.15, 0.2) is 24.3 Å². The van der Waals surface area contributed by atoms with Crippen LogP contribution in [0.1, 0.15) is 49.4 Å². The van der Waals surface area contributed by atoms with Gasteiger partial charge >= 0.3 is 5.97 Å². The smallest absolute Gasteiger partial charge is 0.303 e. The summed E-state index contributed by atoms with van der Waals surface area (Å²) < 4.78 is 13.0. The predicted molar refractivity (Wildman–Crippen MR) is 78.6 cm³/mol. The Hall–Kier alpha value is -1.91. The van der Waals surface area contributed by atoms with E-state index in [0.717, 1.165) is 19.3 Å². The van der Waals surface area contributed by atoms with Crippen LogP contribution < -0.4 is 5.32 Å². The first-order chi connectivity index (χ1) is 10.0. The zero-order valence-corrected chi connectivity index (χ0v) is 12.3. The standard InChI is InChI=1S/C16H22FNO3/c1-2-4-12(7-8-15(19)20)9-10-18-16(21)13-5-3-6-14(17)11-13/h3,5-6,11-12H,2,4,7-10H2,1H3,(H,18,21)(H,19,20). The second-order valence-electron chi connectivity index (χ2n) is 5.14. The van der Waals surface area contributed by atoms with Crippen molar-refractivity contribution in [2.75, 3.05) is 6.54 Å². The molecule has 0 heterocycles. The van der Waals surface area contributed by atoms with Crippen molar-refractivity contribution in [1.82, 2.24) is 5.32 Å². The van der Waals surface area contributed by atoms with Gasteiger partial charge < -0.3 is 10.4 Å². The van der Waals surface area contributed by atoms with E-state index < -0.39 is 11.8 Å². The highest BCUT2D eigenvalue weighted by Crippen LogP contribution is 2.17. The van der Waals surface area contributed by atoms with Crippen molar-refractivity contribution in [3.05, 3.63) is 35.6 Å².